The summed E-state index contributed by atoms with van der Waals surface area (Å²) in [5, 5.41) is 0.113. The fraction of sp³-hybridized carbons (Fsp3) is 0.593. The molecular formula is C27H37Cl2FN2O4S. The summed E-state index contributed by atoms with van der Waals surface area (Å²) in [5.74, 6) is -0.431. The third kappa shape index (κ3) is 8.27. The Morgan fingerprint density at radius 2 is 1.86 bits per heavy atom. The van der Waals surface area contributed by atoms with Crippen LogP contribution in [0.1, 0.15) is 57.1 Å². The Balaban J connectivity index is 0.00000241. The SMILES string of the molecule is COC(=O)C[C@@H]1CCCN1CC=C1CN(C(C(=O)C2CC2)c2ccccc2F)CCC1SC(C)=O.Cl.Cl. The van der Waals surface area contributed by atoms with Gasteiger partial charge in [0, 0.05) is 49.3 Å². The minimum absolute atomic E-state index is 0. The zero-order chi connectivity index (χ0) is 24.9. The quantitative estimate of drug-likeness (QED) is 0.304. The standard InChI is InChI=1S/C27H35FN2O4S.2ClH/c1-18(31)35-24-12-15-30(26(27(33)19-9-10-19)22-7-3-4-8-23(22)28)17-20(24)11-14-29-13-5-6-21(29)16-25(32)34-2;;/h3-4,7-8,11,19,21,24,26H,5-6,9-10,12-17H2,1-2H3;2*1H/t21-,24?,26?;;/m0../s1. The summed E-state index contributed by atoms with van der Waals surface area (Å²) >= 11 is 1.34. The van der Waals surface area contributed by atoms with Crippen LogP contribution in [-0.2, 0) is 19.1 Å². The van der Waals surface area contributed by atoms with E-state index in [9.17, 15) is 18.8 Å². The van der Waals surface area contributed by atoms with Crippen molar-refractivity contribution in [2.24, 2.45) is 5.92 Å². The van der Waals surface area contributed by atoms with Gasteiger partial charge in [-0.15, -0.1) is 24.8 Å². The number of hydrogen-bond donors (Lipinski definition) is 0. The van der Waals surface area contributed by atoms with Gasteiger partial charge < -0.3 is 4.74 Å². The van der Waals surface area contributed by atoms with E-state index in [4.69, 9.17) is 4.74 Å². The van der Waals surface area contributed by atoms with E-state index in [1.165, 1.54) is 24.9 Å². The normalized spacial score (nSPS) is 24.1. The van der Waals surface area contributed by atoms with Crippen molar-refractivity contribution in [2.75, 3.05) is 33.3 Å². The van der Waals surface area contributed by atoms with Gasteiger partial charge in [-0.2, -0.15) is 0 Å². The average molecular weight is 576 g/mol. The van der Waals surface area contributed by atoms with Gasteiger partial charge in [0.2, 0.25) is 0 Å². The van der Waals surface area contributed by atoms with Gasteiger partial charge in [-0.3, -0.25) is 24.2 Å². The van der Waals surface area contributed by atoms with E-state index >= 15 is 0 Å². The molecule has 4 rings (SSSR count). The first kappa shape index (κ1) is 31.8. The molecule has 2 aliphatic heterocycles. The second-order valence-corrected chi connectivity index (χ2v) is 11.2. The van der Waals surface area contributed by atoms with Crippen molar-refractivity contribution < 1.29 is 23.5 Å². The van der Waals surface area contributed by atoms with Gasteiger partial charge in [-0.05, 0) is 50.3 Å². The Bertz CT molecular complexity index is 991. The Kier molecular flexibility index (Phi) is 12.6. The third-order valence-electron chi connectivity index (χ3n) is 7.32. The van der Waals surface area contributed by atoms with Crippen molar-refractivity contribution in [3.8, 4) is 0 Å². The summed E-state index contributed by atoms with van der Waals surface area (Å²) in [4.78, 5) is 41.5. The molecule has 0 radical (unpaired) electrons. The van der Waals surface area contributed by atoms with E-state index < -0.39 is 6.04 Å². The predicted octanol–water partition coefficient (Wildman–Crippen LogP) is 5.00. The Morgan fingerprint density at radius 3 is 2.51 bits per heavy atom. The lowest BCUT2D eigenvalue weighted by atomic mass is 9.93. The smallest absolute Gasteiger partial charge is 0.307 e. The second-order valence-electron chi connectivity index (χ2n) is 9.81. The maximum absolute atomic E-state index is 14.8. The Hall–Kier alpha value is -1.45. The molecule has 2 saturated heterocycles. The van der Waals surface area contributed by atoms with Crippen molar-refractivity contribution in [3.63, 3.8) is 0 Å². The largest absolute Gasteiger partial charge is 0.469 e. The van der Waals surface area contributed by atoms with E-state index in [2.05, 4.69) is 15.9 Å². The molecule has 3 atom stereocenters. The maximum atomic E-state index is 14.8. The number of carbonyl (C=O) groups excluding carboxylic acids is 3. The number of ketones is 1. The molecule has 1 aromatic rings. The van der Waals surface area contributed by atoms with Crippen LogP contribution >= 0.6 is 36.6 Å². The highest BCUT2D eigenvalue weighted by Crippen LogP contribution is 2.40. The van der Waals surface area contributed by atoms with Crippen molar-refractivity contribution in [1.29, 1.82) is 0 Å². The molecule has 0 amide bonds. The van der Waals surface area contributed by atoms with Gasteiger partial charge in [0.15, 0.2) is 10.9 Å². The van der Waals surface area contributed by atoms with Crippen LogP contribution in [0.5, 0.6) is 0 Å². The number of likely N-dealkylation sites (tertiary alicyclic amines) is 2. The first-order valence-corrected chi connectivity index (χ1v) is 13.4. The lowest BCUT2D eigenvalue weighted by Crippen LogP contribution is -2.43. The highest BCUT2D eigenvalue weighted by atomic mass is 35.5. The summed E-state index contributed by atoms with van der Waals surface area (Å²) in [6, 6.07) is 6.14. The number of halogens is 3. The minimum Gasteiger partial charge on any atom is -0.469 e. The molecule has 2 unspecified atom stereocenters. The molecule has 0 aromatic heterocycles. The average Bonchev–Trinajstić information content (AvgIpc) is 3.60. The highest BCUT2D eigenvalue weighted by molar-refractivity contribution is 8.14. The lowest BCUT2D eigenvalue weighted by Gasteiger charge is -2.39. The van der Waals surface area contributed by atoms with E-state index in [1.807, 2.05) is 0 Å². The number of nitrogens with zero attached hydrogens (tertiary/aromatic N) is 2. The zero-order valence-corrected chi connectivity index (χ0v) is 23.8. The summed E-state index contributed by atoms with van der Waals surface area (Å²) in [7, 11) is 1.42. The van der Waals surface area contributed by atoms with E-state index in [0.717, 1.165) is 44.2 Å². The number of rotatable bonds is 9. The van der Waals surface area contributed by atoms with Crippen LogP contribution in [0.25, 0.3) is 0 Å². The molecule has 1 aromatic carbocycles. The third-order valence-corrected chi connectivity index (χ3v) is 8.47. The fourth-order valence-electron chi connectivity index (χ4n) is 5.33. The predicted molar refractivity (Wildman–Crippen MR) is 149 cm³/mol. The summed E-state index contributed by atoms with van der Waals surface area (Å²) < 4.78 is 19.7. The van der Waals surface area contributed by atoms with Gasteiger partial charge >= 0.3 is 5.97 Å². The zero-order valence-electron chi connectivity index (χ0n) is 21.4. The molecule has 3 aliphatic rings. The molecule has 0 N–H and O–H groups in total. The van der Waals surface area contributed by atoms with Gasteiger partial charge in [-0.25, -0.2) is 4.39 Å². The first-order chi connectivity index (χ1) is 16.9. The van der Waals surface area contributed by atoms with Crippen LogP contribution in [0.4, 0.5) is 4.39 Å². The number of piperidine rings is 1. The topological polar surface area (TPSA) is 66.9 Å². The van der Waals surface area contributed by atoms with Crippen molar-refractivity contribution in [3.05, 3.63) is 47.3 Å². The number of esters is 1. The van der Waals surface area contributed by atoms with Gasteiger partial charge in [0.1, 0.15) is 5.82 Å². The number of hydrogen-bond acceptors (Lipinski definition) is 7. The molecule has 6 nitrogen and oxygen atoms in total. The van der Waals surface area contributed by atoms with Crippen LogP contribution in [-0.4, -0.2) is 71.2 Å². The van der Waals surface area contributed by atoms with Crippen molar-refractivity contribution in [2.45, 2.75) is 62.8 Å². The number of benzene rings is 1. The molecule has 37 heavy (non-hydrogen) atoms. The van der Waals surface area contributed by atoms with E-state index in [0.29, 0.717) is 31.6 Å². The van der Waals surface area contributed by atoms with Crippen molar-refractivity contribution >= 4 is 53.4 Å². The van der Waals surface area contributed by atoms with Gasteiger partial charge in [0.25, 0.3) is 0 Å². The maximum Gasteiger partial charge on any atom is 0.307 e. The number of Topliss-reactive ketones (excluding diaryl/α,β-unsaturated/α-hetero) is 1. The van der Waals surface area contributed by atoms with Crippen LogP contribution < -0.4 is 0 Å². The molecule has 3 fully saturated rings. The Morgan fingerprint density at radius 1 is 1.14 bits per heavy atom. The minimum atomic E-state index is -0.603. The Labute approximate surface area is 235 Å². The molecule has 0 spiro atoms. The van der Waals surface area contributed by atoms with E-state index in [1.54, 1.807) is 25.1 Å². The van der Waals surface area contributed by atoms with Crippen LogP contribution in [0.2, 0.25) is 0 Å². The van der Waals surface area contributed by atoms with Crippen molar-refractivity contribution in [1.82, 2.24) is 9.80 Å². The molecular weight excluding hydrogens is 538 g/mol. The summed E-state index contributed by atoms with van der Waals surface area (Å²) in [5.41, 5.74) is 1.55. The fourth-order valence-corrected chi connectivity index (χ4v) is 6.28. The number of thioether (sulfide) groups is 1. The molecule has 2 heterocycles. The number of carbonyl (C=O) groups is 3. The van der Waals surface area contributed by atoms with Gasteiger partial charge in [-0.1, -0.05) is 36.0 Å². The highest BCUT2D eigenvalue weighted by Gasteiger charge is 2.41. The van der Waals surface area contributed by atoms with E-state index in [-0.39, 0.29) is 64.7 Å². The molecule has 10 heteroatoms. The van der Waals surface area contributed by atoms with Crippen LogP contribution in [0, 0.1) is 11.7 Å². The first-order valence-electron chi connectivity index (χ1n) is 12.6. The number of ether oxygens (including phenoxy) is 1. The summed E-state index contributed by atoms with van der Waals surface area (Å²) in [6.07, 6.45) is 7.02. The van der Waals surface area contributed by atoms with Crippen LogP contribution in [0.3, 0.4) is 0 Å². The lowest BCUT2D eigenvalue weighted by molar-refractivity contribution is -0.141. The van der Waals surface area contributed by atoms with Gasteiger partial charge in [0.05, 0.1) is 19.6 Å². The monoisotopic (exact) mass is 574 g/mol. The molecule has 0 bridgehead atoms. The molecule has 1 saturated carbocycles. The second kappa shape index (κ2) is 14.6. The molecule has 206 valence electrons. The summed E-state index contributed by atoms with van der Waals surface area (Å²) in [6.45, 7) is 4.34. The molecule has 1 aliphatic carbocycles. The number of methoxy groups -OCH3 is 1. The van der Waals surface area contributed by atoms with Crippen LogP contribution in [0.15, 0.2) is 35.9 Å².